The Hall–Kier alpha value is -3.44. The monoisotopic (exact) mass is 426 g/mol. The van der Waals surface area contributed by atoms with Crippen LogP contribution in [0.15, 0.2) is 77.7 Å². The Morgan fingerprint density at radius 1 is 0.968 bits per heavy atom. The Bertz CT molecular complexity index is 1510. The molecule has 0 unspecified atom stereocenters. The van der Waals surface area contributed by atoms with Gasteiger partial charge in [-0.15, -0.1) is 0 Å². The van der Waals surface area contributed by atoms with Gasteiger partial charge in [0.2, 0.25) is 0 Å². The van der Waals surface area contributed by atoms with Crippen LogP contribution in [0.25, 0.3) is 27.4 Å². The van der Waals surface area contributed by atoms with Crippen molar-refractivity contribution in [3.05, 3.63) is 99.6 Å². The van der Waals surface area contributed by atoms with Crippen LogP contribution in [0.3, 0.4) is 0 Å². The van der Waals surface area contributed by atoms with Gasteiger partial charge in [0.05, 0.1) is 24.1 Å². The minimum absolute atomic E-state index is 0.148. The average Bonchev–Trinajstić information content (AvgIpc) is 3.53. The van der Waals surface area contributed by atoms with Crippen LogP contribution in [0, 0.1) is 0 Å². The topological polar surface area (TPSA) is 52.7 Å². The van der Waals surface area contributed by atoms with E-state index in [0.29, 0.717) is 23.0 Å². The molecule has 152 valence electrons. The fraction of sp³-hybridized carbons (Fsp3) is 0.160. The first kappa shape index (κ1) is 18.3. The molecule has 2 aromatic heterocycles. The van der Waals surface area contributed by atoms with E-state index in [0.717, 1.165) is 45.9 Å². The zero-order chi connectivity index (χ0) is 20.9. The van der Waals surface area contributed by atoms with Gasteiger partial charge in [0.15, 0.2) is 0 Å². The van der Waals surface area contributed by atoms with E-state index in [1.54, 1.807) is 15.6 Å². The number of rotatable bonds is 4. The first-order chi connectivity index (χ1) is 15.2. The zero-order valence-corrected chi connectivity index (χ0v) is 17.5. The van der Waals surface area contributed by atoms with E-state index in [4.69, 9.17) is 16.7 Å². The van der Waals surface area contributed by atoms with Gasteiger partial charge < -0.3 is 0 Å². The summed E-state index contributed by atoms with van der Waals surface area (Å²) in [6.07, 6.45) is 3.95. The van der Waals surface area contributed by atoms with Gasteiger partial charge >= 0.3 is 0 Å². The van der Waals surface area contributed by atoms with E-state index in [2.05, 4.69) is 29.4 Å². The van der Waals surface area contributed by atoms with Gasteiger partial charge in [0, 0.05) is 16.3 Å². The molecule has 1 aliphatic carbocycles. The van der Waals surface area contributed by atoms with Gasteiger partial charge in [-0.2, -0.15) is 10.2 Å². The summed E-state index contributed by atoms with van der Waals surface area (Å²) in [6, 6.07) is 21.8. The molecule has 2 heterocycles. The molecule has 0 aliphatic heterocycles. The Morgan fingerprint density at radius 3 is 2.61 bits per heavy atom. The highest BCUT2D eigenvalue weighted by Crippen LogP contribution is 2.41. The largest absolute Gasteiger partial charge is 0.293 e. The summed E-state index contributed by atoms with van der Waals surface area (Å²) >= 11 is 6.20. The molecule has 0 atom stereocenters. The van der Waals surface area contributed by atoms with E-state index in [1.807, 2.05) is 42.5 Å². The molecule has 5 nitrogen and oxygen atoms in total. The van der Waals surface area contributed by atoms with Crippen LogP contribution in [0.5, 0.6) is 0 Å². The molecule has 0 amide bonds. The van der Waals surface area contributed by atoms with Crippen molar-refractivity contribution >= 4 is 33.3 Å². The summed E-state index contributed by atoms with van der Waals surface area (Å²) in [6.45, 7) is 0.413. The van der Waals surface area contributed by atoms with Crippen LogP contribution in [-0.4, -0.2) is 19.6 Å². The molecule has 6 rings (SSSR count). The van der Waals surface area contributed by atoms with E-state index in [1.165, 1.54) is 0 Å². The van der Waals surface area contributed by atoms with E-state index >= 15 is 0 Å². The first-order valence-electron chi connectivity index (χ1n) is 10.4. The maximum atomic E-state index is 13.6. The van der Waals surface area contributed by atoms with Crippen LogP contribution in [0.2, 0.25) is 5.02 Å². The van der Waals surface area contributed by atoms with E-state index < -0.39 is 0 Å². The number of fused-ring (bicyclic) bond motifs is 2. The molecule has 1 fully saturated rings. The Labute approximate surface area is 183 Å². The van der Waals surface area contributed by atoms with Gasteiger partial charge in [-0.05, 0) is 47.4 Å². The lowest BCUT2D eigenvalue weighted by molar-refractivity contribution is 0.629. The number of benzene rings is 3. The zero-order valence-electron chi connectivity index (χ0n) is 16.7. The molecule has 0 saturated heterocycles. The second kappa shape index (κ2) is 7.06. The standard InChI is InChI=1S/C25H19ClN4O/c26-19-8-4-9-20(13-19)30-24-22(14-27-30)23(17-11-12-17)28-29(25(24)31)15-18-7-3-6-16-5-1-2-10-21(16)18/h1-10,13-14,17H,11-12,15H2. The average molecular weight is 427 g/mol. The summed E-state index contributed by atoms with van der Waals surface area (Å²) in [7, 11) is 0. The Morgan fingerprint density at radius 2 is 1.77 bits per heavy atom. The number of hydrogen-bond acceptors (Lipinski definition) is 3. The lowest BCUT2D eigenvalue weighted by atomic mass is 10.0. The van der Waals surface area contributed by atoms with Gasteiger partial charge in [0.25, 0.3) is 5.56 Å². The minimum atomic E-state index is -0.148. The van der Waals surface area contributed by atoms with Crippen LogP contribution in [0.1, 0.15) is 30.0 Å². The Kier molecular flexibility index (Phi) is 4.18. The number of aromatic nitrogens is 4. The molecule has 0 bridgehead atoms. The minimum Gasteiger partial charge on any atom is -0.265 e. The first-order valence-corrected chi connectivity index (χ1v) is 10.8. The quantitative estimate of drug-likeness (QED) is 0.391. The summed E-state index contributed by atoms with van der Waals surface area (Å²) in [5.41, 5.74) is 3.21. The summed E-state index contributed by atoms with van der Waals surface area (Å²) in [4.78, 5) is 13.6. The normalized spacial score (nSPS) is 13.8. The number of nitrogens with zero attached hydrogens (tertiary/aromatic N) is 4. The van der Waals surface area contributed by atoms with Crippen LogP contribution in [-0.2, 0) is 6.54 Å². The third-order valence-corrected chi connectivity index (χ3v) is 6.16. The van der Waals surface area contributed by atoms with E-state index in [9.17, 15) is 4.79 Å². The lowest BCUT2D eigenvalue weighted by Crippen LogP contribution is -2.26. The summed E-state index contributed by atoms with van der Waals surface area (Å²) < 4.78 is 3.29. The highest BCUT2D eigenvalue weighted by molar-refractivity contribution is 6.30. The van der Waals surface area contributed by atoms with Gasteiger partial charge in [0.1, 0.15) is 5.52 Å². The lowest BCUT2D eigenvalue weighted by Gasteiger charge is -2.12. The van der Waals surface area contributed by atoms with Crippen molar-refractivity contribution in [2.24, 2.45) is 0 Å². The SMILES string of the molecule is O=c1c2c(cnn2-c2cccc(Cl)c2)c(C2CC2)nn1Cc1cccc2ccccc12. The molecular formula is C25H19ClN4O. The van der Waals surface area contributed by atoms with Crippen molar-refractivity contribution in [3.63, 3.8) is 0 Å². The van der Waals surface area contributed by atoms with Crippen LogP contribution < -0.4 is 5.56 Å². The third kappa shape index (κ3) is 3.13. The molecule has 0 spiro atoms. The highest BCUT2D eigenvalue weighted by Gasteiger charge is 2.30. The third-order valence-electron chi connectivity index (χ3n) is 5.93. The fourth-order valence-corrected chi connectivity index (χ4v) is 4.44. The predicted octanol–water partition coefficient (Wildman–Crippen LogP) is 5.31. The molecule has 1 saturated carbocycles. The van der Waals surface area contributed by atoms with Crippen LogP contribution in [0.4, 0.5) is 0 Å². The van der Waals surface area contributed by atoms with Crippen molar-refractivity contribution < 1.29 is 0 Å². The van der Waals surface area contributed by atoms with Crippen LogP contribution >= 0.6 is 11.6 Å². The number of halogens is 1. The maximum absolute atomic E-state index is 13.6. The molecular weight excluding hydrogens is 408 g/mol. The van der Waals surface area contributed by atoms with Gasteiger partial charge in [-0.1, -0.05) is 60.1 Å². The molecule has 3 aromatic carbocycles. The molecule has 1 aliphatic rings. The highest BCUT2D eigenvalue weighted by atomic mass is 35.5. The van der Waals surface area contributed by atoms with Crippen molar-refractivity contribution in [2.45, 2.75) is 25.3 Å². The van der Waals surface area contributed by atoms with Gasteiger partial charge in [-0.3, -0.25) is 4.79 Å². The number of hydrogen-bond donors (Lipinski definition) is 0. The molecule has 0 radical (unpaired) electrons. The second-order valence-electron chi connectivity index (χ2n) is 8.06. The molecule has 5 aromatic rings. The molecule has 0 N–H and O–H groups in total. The molecule has 31 heavy (non-hydrogen) atoms. The fourth-order valence-electron chi connectivity index (χ4n) is 4.25. The van der Waals surface area contributed by atoms with E-state index in [-0.39, 0.29) is 5.56 Å². The van der Waals surface area contributed by atoms with Crippen molar-refractivity contribution in [1.29, 1.82) is 0 Å². The summed E-state index contributed by atoms with van der Waals surface area (Å²) in [5.74, 6) is 0.388. The summed E-state index contributed by atoms with van der Waals surface area (Å²) in [5, 5.41) is 13.1. The second-order valence-corrected chi connectivity index (χ2v) is 8.50. The molecule has 6 heteroatoms. The predicted molar refractivity (Wildman–Crippen MR) is 123 cm³/mol. The maximum Gasteiger partial charge on any atom is 0.293 e. The van der Waals surface area contributed by atoms with Crippen molar-refractivity contribution in [2.75, 3.05) is 0 Å². The smallest absolute Gasteiger partial charge is 0.265 e. The van der Waals surface area contributed by atoms with Crippen molar-refractivity contribution in [3.8, 4) is 5.69 Å². The van der Waals surface area contributed by atoms with Gasteiger partial charge in [-0.25, -0.2) is 9.36 Å². The Balaban J connectivity index is 1.57. The van der Waals surface area contributed by atoms with Crippen molar-refractivity contribution in [1.82, 2.24) is 19.6 Å².